The van der Waals surface area contributed by atoms with Crippen molar-refractivity contribution in [3.8, 4) is 17.2 Å². The molecule has 28 heavy (non-hydrogen) atoms. The molecule has 1 heterocycles. The summed E-state index contributed by atoms with van der Waals surface area (Å²) in [4.78, 5) is 0. The van der Waals surface area contributed by atoms with Crippen LogP contribution in [-0.4, -0.2) is 38.2 Å². The summed E-state index contributed by atoms with van der Waals surface area (Å²) in [7, 11) is 0. The molecule has 148 valence electrons. The number of benzene rings is 2. The number of aromatic hydroxyl groups is 2. The lowest BCUT2D eigenvalue weighted by Gasteiger charge is -2.36. The van der Waals surface area contributed by atoms with E-state index in [1.54, 1.807) is 24.3 Å². The second-order valence-corrected chi connectivity index (χ2v) is 8.17. The van der Waals surface area contributed by atoms with Gasteiger partial charge >= 0.3 is 0 Å². The predicted molar refractivity (Wildman–Crippen MR) is 111 cm³/mol. The van der Waals surface area contributed by atoms with E-state index in [0.717, 1.165) is 16.7 Å². The maximum Gasteiger partial charge on any atom is 0.124 e. The summed E-state index contributed by atoms with van der Waals surface area (Å²) in [6, 6.07) is 11.9. The Hall–Kier alpha value is -2.76. The van der Waals surface area contributed by atoms with Crippen molar-refractivity contribution < 1.29 is 20.2 Å². The van der Waals surface area contributed by atoms with Crippen molar-refractivity contribution in [2.45, 2.75) is 38.8 Å². The Kier molecular flexibility index (Phi) is 5.24. The second-order valence-electron chi connectivity index (χ2n) is 8.17. The van der Waals surface area contributed by atoms with Crippen LogP contribution in [0.25, 0.3) is 12.2 Å². The van der Waals surface area contributed by atoms with Crippen LogP contribution in [0.2, 0.25) is 0 Å². The molecule has 3 N–H and O–H groups in total. The third-order valence-corrected chi connectivity index (χ3v) is 5.06. The van der Waals surface area contributed by atoms with Crippen molar-refractivity contribution in [2.75, 3.05) is 6.61 Å². The van der Waals surface area contributed by atoms with Gasteiger partial charge in [0.25, 0.3) is 0 Å². The van der Waals surface area contributed by atoms with Crippen LogP contribution in [0.4, 0.5) is 0 Å². The largest absolute Gasteiger partial charge is 0.508 e. The van der Waals surface area contributed by atoms with Gasteiger partial charge in [-0.15, -0.1) is 0 Å². The third-order valence-electron chi connectivity index (χ3n) is 5.06. The van der Waals surface area contributed by atoms with E-state index in [9.17, 15) is 15.4 Å². The quantitative estimate of drug-likeness (QED) is 0.511. The van der Waals surface area contributed by atoms with E-state index in [4.69, 9.17) is 4.74 Å². The molecule has 0 bridgehead atoms. The maximum atomic E-state index is 10.4. The Morgan fingerprint density at radius 2 is 1.54 bits per heavy atom. The highest BCUT2D eigenvalue weighted by Crippen LogP contribution is 2.38. The molecule has 1 aliphatic heterocycles. The van der Waals surface area contributed by atoms with E-state index in [-0.39, 0.29) is 11.5 Å². The highest BCUT2D eigenvalue weighted by molar-refractivity contribution is 5.71. The van der Waals surface area contributed by atoms with Gasteiger partial charge in [0.1, 0.15) is 23.9 Å². The molecule has 0 aromatic heterocycles. The van der Waals surface area contributed by atoms with E-state index in [1.165, 1.54) is 5.06 Å². The number of hydroxylamine groups is 2. The summed E-state index contributed by atoms with van der Waals surface area (Å²) in [5, 5.41) is 31.1. The molecule has 0 amide bonds. The minimum absolute atomic E-state index is 0.117. The average Bonchev–Trinajstić information content (AvgIpc) is 2.78. The van der Waals surface area contributed by atoms with Gasteiger partial charge in [-0.05, 0) is 68.7 Å². The van der Waals surface area contributed by atoms with Crippen LogP contribution in [-0.2, 0) is 0 Å². The van der Waals surface area contributed by atoms with Crippen molar-refractivity contribution in [3.05, 3.63) is 65.2 Å². The molecule has 0 aliphatic carbocycles. The summed E-state index contributed by atoms with van der Waals surface area (Å²) >= 11 is 0. The van der Waals surface area contributed by atoms with Crippen molar-refractivity contribution in [3.63, 3.8) is 0 Å². The lowest BCUT2D eigenvalue weighted by atomic mass is 9.97. The molecule has 5 nitrogen and oxygen atoms in total. The van der Waals surface area contributed by atoms with E-state index >= 15 is 0 Å². The molecule has 0 saturated carbocycles. The third kappa shape index (κ3) is 4.21. The SMILES string of the molecule is CC1(C)C=C(COc2cc(O)cc(/C=C/c3ccc(O)cc3)c2)C(C)(C)N1O. The zero-order chi connectivity index (χ0) is 20.5. The van der Waals surface area contributed by atoms with Gasteiger partial charge < -0.3 is 20.2 Å². The number of ether oxygens (including phenoxy) is 1. The molecule has 3 rings (SSSR count). The topological polar surface area (TPSA) is 73.2 Å². The van der Waals surface area contributed by atoms with Gasteiger partial charge in [-0.25, -0.2) is 0 Å². The van der Waals surface area contributed by atoms with E-state index in [2.05, 4.69) is 0 Å². The fraction of sp³-hybridized carbons (Fsp3) is 0.304. The number of nitrogens with zero attached hydrogens (tertiary/aromatic N) is 1. The average molecular weight is 381 g/mol. The van der Waals surface area contributed by atoms with Crippen LogP contribution in [0.15, 0.2) is 54.1 Å². The first kappa shape index (κ1) is 20.0. The highest BCUT2D eigenvalue weighted by Gasteiger charge is 2.45. The van der Waals surface area contributed by atoms with Crippen LogP contribution in [0.5, 0.6) is 17.2 Å². The zero-order valence-electron chi connectivity index (χ0n) is 16.7. The Morgan fingerprint density at radius 1 is 0.893 bits per heavy atom. The van der Waals surface area contributed by atoms with Crippen LogP contribution in [0.3, 0.4) is 0 Å². The minimum Gasteiger partial charge on any atom is -0.508 e. The van der Waals surface area contributed by atoms with E-state index in [0.29, 0.717) is 12.4 Å². The summed E-state index contributed by atoms with van der Waals surface area (Å²) in [5.74, 6) is 0.891. The summed E-state index contributed by atoms with van der Waals surface area (Å²) in [6.07, 6.45) is 5.78. The monoisotopic (exact) mass is 381 g/mol. The normalized spacial score (nSPS) is 18.4. The smallest absolute Gasteiger partial charge is 0.124 e. The first-order chi connectivity index (χ1) is 13.1. The van der Waals surface area contributed by atoms with Gasteiger partial charge in [0, 0.05) is 6.07 Å². The molecular formula is C23H27NO4. The maximum absolute atomic E-state index is 10.4. The van der Waals surface area contributed by atoms with Crippen molar-refractivity contribution in [1.82, 2.24) is 5.06 Å². The standard InChI is InChI=1S/C23H27NO4/c1-22(2)14-18(23(3,4)24(22)27)15-28-21-12-17(11-20(26)13-21)6-5-16-7-9-19(25)10-8-16/h5-14,25-27H,15H2,1-4H3/b6-5+. The molecule has 0 fully saturated rings. The molecule has 2 aromatic rings. The van der Waals surface area contributed by atoms with Crippen molar-refractivity contribution >= 4 is 12.2 Å². The molecule has 5 heteroatoms. The van der Waals surface area contributed by atoms with Gasteiger partial charge in [0.2, 0.25) is 0 Å². The van der Waals surface area contributed by atoms with Crippen molar-refractivity contribution in [2.24, 2.45) is 0 Å². The Balaban J connectivity index is 1.74. The number of hydrogen-bond acceptors (Lipinski definition) is 5. The zero-order valence-corrected chi connectivity index (χ0v) is 16.7. The number of hydrogen-bond donors (Lipinski definition) is 3. The molecule has 0 radical (unpaired) electrons. The van der Waals surface area contributed by atoms with Gasteiger partial charge in [-0.3, -0.25) is 0 Å². The van der Waals surface area contributed by atoms with E-state index in [1.807, 2.05) is 64.1 Å². The first-order valence-electron chi connectivity index (χ1n) is 9.23. The summed E-state index contributed by atoms with van der Waals surface area (Å²) < 4.78 is 5.92. The Morgan fingerprint density at radius 3 is 2.14 bits per heavy atom. The highest BCUT2D eigenvalue weighted by atomic mass is 16.5. The lowest BCUT2D eigenvalue weighted by molar-refractivity contribution is -0.185. The van der Waals surface area contributed by atoms with E-state index < -0.39 is 11.1 Å². The van der Waals surface area contributed by atoms with Gasteiger partial charge in [0.05, 0.1) is 11.1 Å². The molecule has 0 unspecified atom stereocenters. The van der Waals surface area contributed by atoms with Gasteiger partial charge in [-0.1, -0.05) is 30.4 Å². The minimum atomic E-state index is -0.526. The van der Waals surface area contributed by atoms with Crippen LogP contribution in [0, 0.1) is 0 Å². The van der Waals surface area contributed by atoms with Crippen molar-refractivity contribution in [1.29, 1.82) is 0 Å². The molecule has 2 aromatic carbocycles. The first-order valence-corrected chi connectivity index (χ1v) is 9.23. The summed E-state index contributed by atoms with van der Waals surface area (Å²) in [6.45, 7) is 8.11. The van der Waals surface area contributed by atoms with Crippen LogP contribution in [0.1, 0.15) is 38.8 Å². The number of phenolic OH excluding ortho intramolecular Hbond substituents is 2. The predicted octanol–water partition coefficient (Wildman–Crippen LogP) is 4.84. The van der Waals surface area contributed by atoms with Gasteiger partial charge in [0.15, 0.2) is 0 Å². The summed E-state index contributed by atoms with van der Waals surface area (Å²) in [5.41, 5.74) is 1.73. The molecule has 0 spiro atoms. The molecule has 0 atom stereocenters. The van der Waals surface area contributed by atoms with Crippen LogP contribution < -0.4 is 4.74 Å². The Labute approximate surface area is 165 Å². The fourth-order valence-electron chi connectivity index (χ4n) is 3.46. The second kappa shape index (κ2) is 7.34. The Bertz CT molecular complexity index is 911. The van der Waals surface area contributed by atoms with Gasteiger partial charge in [-0.2, -0.15) is 5.06 Å². The molecule has 1 aliphatic rings. The number of phenols is 2. The molecular weight excluding hydrogens is 354 g/mol. The fourth-order valence-corrected chi connectivity index (χ4v) is 3.46. The lowest BCUT2D eigenvalue weighted by Crippen LogP contribution is -2.48. The molecule has 0 saturated heterocycles. The number of rotatable bonds is 5. The van der Waals surface area contributed by atoms with Crippen LogP contribution >= 0.6 is 0 Å².